The molecular formula is C14H22N2O4S2. The zero-order valence-electron chi connectivity index (χ0n) is 12.8. The summed E-state index contributed by atoms with van der Waals surface area (Å²) < 4.78 is 49.3. The molecule has 22 heavy (non-hydrogen) atoms. The number of sulfone groups is 1. The van der Waals surface area contributed by atoms with Gasteiger partial charge in [-0.05, 0) is 37.6 Å². The fraction of sp³-hybridized carbons (Fsp3) is 0.571. The lowest BCUT2D eigenvalue weighted by Crippen LogP contribution is -2.46. The molecule has 1 aliphatic heterocycles. The first kappa shape index (κ1) is 17.4. The number of sulfonamides is 1. The highest BCUT2D eigenvalue weighted by Gasteiger charge is 2.29. The van der Waals surface area contributed by atoms with Gasteiger partial charge in [-0.1, -0.05) is 12.1 Å². The van der Waals surface area contributed by atoms with Crippen LogP contribution in [0.25, 0.3) is 0 Å². The van der Waals surface area contributed by atoms with Crippen LogP contribution in [-0.2, 0) is 25.6 Å². The molecule has 0 aromatic heterocycles. The molecule has 1 atom stereocenters. The summed E-state index contributed by atoms with van der Waals surface area (Å²) in [6, 6.07) is 6.27. The van der Waals surface area contributed by atoms with E-state index in [4.69, 9.17) is 0 Å². The Morgan fingerprint density at radius 2 is 1.82 bits per heavy atom. The molecule has 1 saturated heterocycles. The fourth-order valence-electron chi connectivity index (χ4n) is 2.61. The van der Waals surface area contributed by atoms with Gasteiger partial charge in [-0.25, -0.2) is 16.8 Å². The van der Waals surface area contributed by atoms with E-state index >= 15 is 0 Å². The molecule has 1 unspecified atom stereocenters. The van der Waals surface area contributed by atoms with E-state index in [2.05, 4.69) is 5.32 Å². The first-order valence-corrected chi connectivity index (χ1v) is 10.7. The largest absolute Gasteiger partial charge is 0.316 e. The molecule has 1 aromatic rings. The third kappa shape index (κ3) is 4.28. The molecule has 1 aliphatic rings. The second-order valence-electron chi connectivity index (χ2n) is 5.70. The monoisotopic (exact) mass is 346 g/mol. The number of hydrogen-bond acceptors (Lipinski definition) is 5. The van der Waals surface area contributed by atoms with E-state index in [1.54, 1.807) is 12.1 Å². The Hall–Kier alpha value is -0.960. The van der Waals surface area contributed by atoms with Gasteiger partial charge in [0, 0.05) is 25.4 Å². The molecule has 6 nitrogen and oxygen atoms in total. The highest BCUT2D eigenvalue weighted by molar-refractivity contribution is 7.90. The van der Waals surface area contributed by atoms with E-state index in [1.165, 1.54) is 16.4 Å². The minimum absolute atomic E-state index is 0.0845. The topological polar surface area (TPSA) is 83.6 Å². The molecule has 0 radical (unpaired) electrons. The number of nitrogens with one attached hydrogen (secondary N) is 1. The summed E-state index contributed by atoms with van der Waals surface area (Å²) in [5.41, 5.74) is 0.591. The molecule has 1 N–H and O–H groups in total. The van der Waals surface area contributed by atoms with Crippen molar-refractivity contribution in [3.05, 3.63) is 29.8 Å². The van der Waals surface area contributed by atoms with Crippen LogP contribution in [0, 0.1) is 0 Å². The third-order valence-electron chi connectivity index (χ3n) is 3.78. The number of rotatable bonds is 5. The highest BCUT2D eigenvalue weighted by Crippen LogP contribution is 2.21. The van der Waals surface area contributed by atoms with Crippen LogP contribution in [-0.4, -0.2) is 53.6 Å². The summed E-state index contributed by atoms with van der Waals surface area (Å²) in [5, 5.41) is 3.12. The molecule has 0 spiro atoms. The predicted molar refractivity (Wildman–Crippen MR) is 85.8 cm³/mol. The summed E-state index contributed by atoms with van der Waals surface area (Å²) in [7, 11) is -4.81. The van der Waals surface area contributed by atoms with E-state index in [0.29, 0.717) is 18.7 Å². The smallest absolute Gasteiger partial charge is 0.243 e. The minimum atomic E-state index is -3.52. The summed E-state index contributed by atoms with van der Waals surface area (Å²) in [6.07, 6.45) is 2.95. The van der Waals surface area contributed by atoms with Gasteiger partial charge in [-0.3, -0.25) is 0 Å². The van der Waals surface area contributed by atoms with Crippen LogP contribution >= 0.6 is 0 Å². The Kier molecular flexibility index (Phi) is 5.26. The Balaban J connectivity index is 2.19. The van der Waals surface area contributed by atoms with Crippen molar-refractivity contribution in [1.29, 1.82) is 0 Å². The second-order valence-corrected chi connectivity index (χ2v) is 9.78. The number of hydrogen-bond donors (Lipinski definition) is 1. The van der Waals surface area contributed by atoms with Gasteiger partial charge < -0.3 is 5.32 Å². The van der Waals surface area contributed by atoms with Crippen LogP contribution in [0.1, 0.15) is 18.4 Å². The van der Waals surface area contributed by atoms with E-state index in [-0.39, 0.29) is 16.7 Å². The van der Waals surface area contributed by atoms with Crippen molar-refractivity contribution in [3.63, 3.8) is 0 Å². The predicted octanol–water partition coefficient (Wildman–Crippen LogP) is 0.604. The molecule has 2 rings (SSSR count). The Morgan fingerprint density at radius 1 is 1.18 bits per heavy atom. The van der Waals surface area contributed by atoms with Crippen molar-refractivity contribution in [2.75, 3.05) is 26.4 Å². The standard InChI is InChI=1S/C14H22N2O4S2/c1-15-13-4-3-9-16(10-13)22(19,20)14-7-5-12(6-8-14)11-21(2,17)18/h5-8,13,15H,3-4,9-11H2,1-2H3. The highest BCUT2D eigenvalue weighted by atomic mass is 32.2. The van der Waals surface area contributed by atoms with Gasteiger partial charge >= 0.3 is 0 Å². The first-order chi connectivity index (χ1) is 10.2. The maximum absolute atomic E-state index is 12.6. The lowest BCUT2D eigenvalue weighted by atomic mass is 10.1. The molecule has 0 bridgehead atoms. The van der Waals surface area contributed by atoms with Gasteiger partial charge in [0.05, 0.1) is 10.6 Å². The van der Waals surface area contributed by atoms with Crippen LogP contribution in [0.5, 0.6) is 0 Å². The van der Waals surface area contributed by atoms with E-state index in [9.17, 15) is 16.8 Å². The first-order valence-electron chi connectivity index (χ1n) is 7.16. The Labute approximate surface area is 132 Å². The van der Waals surface area contributed by atoms with Crippen LogP contribution in [0.4, 0.5) is 0 Å². The van der Waals surface area contributed by atoms with Gasteiger partial charge in [0.1, 0.15) is 0 Å². The average Bonchev–Trinajstić information content (AvgIpc) is 2.46. The van der Waals surface area contributed by atoms with Gasteiger partial charge in [-0.15, -0.1) is 0 Å². The van der Waals surface area contributed by atoms with Crippen LogP contribution in [0.3, 0.4) is 0 Å². The van der Waals surface area contributed by atoms with Gasteiger partial charge in [0.15, 0.2) is 9.84 Å². The number of likely N-dealkylation sites (N-methyl/N-ethyl adjacent to an activating group) is 1. The van der Waals surface area contributed by atoms with Crippen molar-refractivity contribution < 1.29 is 16.8 Å². The molecule has 1 aromatic carbocycles. The average molecular weight is 346 g/mol. The van der Waals surface area contributed by atoms with Gasteiger partial charge in [0.25, 0.3) is 0 Å². The SMILES string of the molecule is CNC1CCCN(S(=O)(=O)c2ccc(CS(C)(=O)=O)cc2)C1. The third-order valence-corrected chi connectivity index (χ3v) is 6.52. The van der Waals surface area contributed by atoms with Crippen molar-refractivity contribution >= 4 is 19.9 Å². The maximum atomic E-state index is 12.6. The normalized spacial score (nSPS) is 20.9. The van der Waals surface area contributed by atoms with Crippen molar-refractivity contribution in [1.82, 2.24) is 9.62 Å². The molecule has 124 valence electrons. The lowest BCUT2D eigenvalue weighted by Gasteiger charge is -2.31. The summed E-state index contributed by atoms with van der Waals surface area (Å²) >= 11 is 0. The van der Waals surface area contributed by atoms with Gasteiger partial charge in [-0.2, -0.15) is 4.31 Å². The van der Waals surface area contributed by atoms with Crippen LogP contribution in [0.15, 0.2) is 29.2 Å². The molecule has 8 heteroatoms. The zero-order chi connectivity index (χ0) is 16.4. The van der Waals surface area contributed by atoms with Crippen LogP contribution < -0.4 is 5.32 Å². The Bertz CT molecular complexity index is 712. The summed E-state index contributed by atoms with van der Waals surface area (Å²) in [5.74, 6) is -0.0845. The Morgan fingerprint density at radius 3 is 2.36 bits per heavy atom. The van der Waals surface area contributed by atoms with E-state index in [0.717, 1.165) is 19.1 Å². The van der Waals surface area contributed by atoms with Crippen molar-refractivity contribution in [2.24, 2.45) is 0 Å². The maximum Gasteiger partial charge on any atom is 0.243 e. The molecule has 1 heterocycles. The molecular weight excluding hydrogens is 324 g/mol. The quantitative estimate of drug-likeness (QED) is 0.844. The summed E-state index contributed by atoms with van der Waals surface area (Å²) in [6.45, 7) is 0.982. The van der Waals surface area contributed by atoms with E-state index < -0.39 is 19.9 Å². The zero-order valence-corrected chi connectivity index (χ0v) is 14.5. The minimum Gasteiger partial charge on any atom is -0.316 e. The van der Waals surface area contributed by atoms with Crippen LogP contribution in [0.2, 0.25) is 0 Å². The lowest BCUT2D eigenvalue weighted by molar-refractivity contribution is 0.293. The molecule has 0 amide bonds. The van der Waals surface area contributed by atoms with Gasteiger partial charge in [0.2, 0.25) is 10.0 Å². The second kappa shape index (κ2) is 6.66. The molecule has 0 saturated carbocycles. The number of piperidine rings is 1. The number of nitrogens with zero attached hydrogens (tertiary/aromatic N) is 1. The molecule has 1 fully saturated rings. The molecule has 0 aliphatic carbocycles. The van der Waals surface area contributed by atoms with E-state index in [1.807, 2.05) is 7.05 Å². The van der Waals surface area contributed by atoms with Crippen molar-refractivity contribution in [2.45, 2.75) is 29.5 Å². The summed E-state index contributed by atoms with van der Waals surface area (Å²) in [4.78, 5) is 0.210. The van der Waals surface area contributed by atoms with Crippen molar-refractivity contribution in [3.8, 4) is 0 Å². The number of benzene rings is 1. The fourth-order valence-corrected chi connectivity index (χ4v) is 4.93.